The molecule has 1 aromatic carbocycles. The first-order valence-electron chi connectivity index (χ1n) is 9.83. The molecule has 1 aliphatic carbocycles. The molecule has 3 rings (SSSR count). The first-order chi connectivity index (χ1) is 13.0. The monoisotopic (exact) mass is 372 g/mol. The molecule has 6 nitrogen and oxygen atoms in total. The van der Waals surface area contributed by atoms with E-state index in [0.29, 0.717) is 6.54 Å². The number of aromatic carboxylic acids is 1. The summed E-state index contributed by atoms with van der Waals surface area (Å²) in [5, 5.41) is 8.99. The molecular weight excluding hydrogens is 344 g/mol. The third-order valence-corrected chi connectivity index (χ3v) is 5.81. The molecule has 2 aliphatic rings. The molecular formula is C21H28N2O4. The summed E-state index contributed by atoms with van der Waals surface area (Å²) < 4.78 is 0. The van der Waals surface area contributed by atoms with Crippen molar-refractivity contribution in [2.75, 3.05) is 20.1 Å². The average Bonchev–Trinajstić information content (AvgIpc) is 3.22. The second-order valence-electron chi connectivity index (χ2n) is 7.73. The predicted octanol–water partition coefficient (Wildman–Crippen LogP) is 2.77. The molecule has 2 atom stereocenters. The number of hydrogen-bond acceptors (Lipinski definition) is 3. The maximum Gasteiger partial charge on any atom is 0.335 e. The van der Waals surface area contributed by atoms with Crippen LogP contribution in [0.1, 0.15) is 54.4 Å². The topological polar surface area (TPSA) is 77.9 Å². The number of carbonyl (C=O) groups excluding carboxylic acids is 2. The number of carboxylic acid groups (broad SMARTS) is 1. The second-order valence-corrected chi connectivity index (χ2v) is 7.73. The van der Waals surface area contributed by atoms with E-state index in [4.69, 9.17) is 5.11 Å². The lowest BCUT2D eigenvalue weighted by Gasteiger charge is -2.34. The van der Waals surface area contributed by atoms with Gasteiger partial charge < -0.3 is 14.9 Å². The Kier molecular flexibility index (Phi) is 6.14. The van der Waals surface area contributed by atoms with Gasteiger partial charge in [-0.25, -0.2) is 4.79 Å². The van der Waals surface area contributed by atoms with Gasteiger partial charge in [0.25, 0.3) is 0 Å². The van der Waals surface area contributed by atoms with Crippen molar-refractivity contribution < 1.29 is 19.5 Å². The molecule has 27 heavy (non-hydrogen) atoms. The zero-order valence-corrected chi connectivity index (χ0v) is 15.9. The molecule has 1 heterocycles. The molecule has 1 aromatic rings. The Hall–Kier alpha value is -2.37. The molecule has 6 heteroatoms. The summed E-state index contributed by atoms with van der Waals surface area (Å²) >= 11 is 0. The van der Waals surface area contributed by atoms with E-state index in [1.165, 1.54) is 0 Å². The third kappa shape index (κ3) is 4.49. The van der Waals surface area contributed by atoms with Crippen molar-refractivity contribution in [3.8, 4) is 0 Å². The normalized spacial score (nSPS) is 22.5. The van der Waals surface area contributed by atoms with Crippen LogP contribution in [0.4, 0.5) is 0 Å². The van der Waals surface area contributed by atoms with Crippen LogP contribution in [0.25, 0.3) is 0 Å². The summed E-state index contributed by atoms with van der Waals surface area (Å²) in [6.45, 7) is 2.06. The van der Waals surface area contributed by atoms with Gasteiger partial charge in [-0.1, -0.05) is 25.0 Å². The van der Waals surface area contributed by atoms with E-state index in [9.17, 15) is 14.4 Å². The van der Waals surface area contributed by atoms with Gasteiger partial charge in [-0.2, -0.15) is 0 Å². The maximum atomic E-state index is 13.1. The van der Waals surface area contributed by atoms with E-state index in [0.717, 1.165) is 57.2 Å². The molecule has 1 aliphatic heterocycles. The van der Waals surface area contributed by atoms with Crippen LogP contribution in [-0.2, 0) is 16.1 Å². The molecule has 2 unspecified atom stereocenters. The van der Waals surface area contributed by atoms with E-state index in [1.807, 2.05) is 4.90 Å². The zero-order chi connectivity index (χ0) is 19.4. The van der Waals surface area contributed by atoms with Gasteiger partial charge in [-0.3, -0.25) is 9.59 Å². The Morgan fingerprint density at radius 1 is 1.00 bits per heavy atom. The van der Waals surface area contributed by atoms with E-state index >= 15 is 0 Å². The largest absolute Gasteiger partial charge is 0.478 e. The van der Waals surface area contributed by atoms with Gasteiger partial charge in [0.05, 0.1) is 5.56 Å². The van der Waals surface area contributed by atoms with Crippen LogP contribution in [0.15, 0.2) is 24.3 Å². The average molecular weight is 372 g/mol. The number of carboxylic acids is 1. The first-order valence-corrected chi connectivity index (χ1v) is 9.83. The maximum absolute atomic E-state index is 13.1. The van der Waals surface area contributed by atoms with Crippen LogP contribution in [-0.4, -0.2) is 52.8 Å². The highest BCUT2D eigenvalue weighted by Gasteiger charge is 2.39. The van der Waals surface area contributed by atoms with Gasteiger partial charge in [0.15, 0.2) is 0 Å². The highest BCUT2D eigenvalue weighted by Crippen LogP contribution is 2.33. The molecule has 0 radical (unpaired) electrons. The molecule has 0 spiro atoms. The van der Waals surface area contributed by atoms with Crippen LogP contribution >= 0.6 is 0 Å². The van der Waals surface area contributed by atoms with Crippen molar-refractivity contribution in [1.82, 2.24) is 9.80 Å². The summed E-state index contributed by atoms with van der Waals surface area (Å²) in [5.74, 6) is -1.22. The highest BCUT2D eigenvalue weighted by atomic mass is 16.4. The Morgan fingerprint density at radius 2 is 1.59 bits per heavy atom. The molecule has 0 aromatic heterocycles. The number of likely N-dealkylation sites (tertiary alicyclic amines) is 1. The number of hydrogen-bond donors (Lipinski definition) is 1. The predicted molar refractivity (Wildman–Crippen MR) is 101 cm³/mol. The number of amides is 2. The Morgan fingerprint density at radius 3 is 2.19 bits per heavy atom. The summed E-state index contributed by atoms with van der Waals surface area (Å²) in [6.07, 6.45) is 5.68. The second kappa shape index (κ2) is 8.55. The standard InChI is InChI=1S/C21H28N2O4/c1-22(14-15-8-10-16(11-9-15)21(26)27)19(24)17-6-2-3-7-18(17)20(25)23-12-4-5-13-23/h8-11,17-18H,2-7,12-14H2,1H3,(H,26,27). The van der Waals surface area contributed by atoms with Crippen LogP contribution < -0.4 is 0 Å². The van der Waals surface area contributed by atoms with E-state index in [1.54, 1.807) is 36.2 Å². The molecule has 0 bridgehead atoms. The fourth-order valence-electron chi connectivity index (χ4n) is 4.28. The number of rotatable bonds is 5. The minimum absolute atomic E-state index is 0.0227. The Balaban J connectivity index is 1.66. The minimum atomic E-state index is -0.962. The number of benzene rings is 1. The molecule has 2 fully saturated rings. The van der Waals surface area contributed by atoms with Crippen molar-refractivity contribution in [3.05, 3.63) is 35.4 Å². The summed E-state index contributed by atoms with van der Waals surface area (Å²) in [5.41, 5.74) is 1.12. The lowest BCUT2D eigenvalue weighted by molar-refractivity contribution is -0.147. The van der Waals surface area contributed by atoms with Crippen molar-refractivity contribution in [1.29, 1.82) is 0 Å². The van der Waals surface area contributed by atoms with Gasteiger partial charge in [0.2, 0.25) is 11.8 Å². The van der Waals surface area contributed by atoms with Crippen molar-refractivity contribution in [3.63, 3.8) is 0 Å². The molecule has 1 saturated carbocycles. The molecule has 2 amide bonds. The van der Waals surface area contributed by atoms with Crippen molar-refractivity contribution in [2.45, 2.75) is 45.1 Å². The zero-order valence-electron chi connectivity index (χ0n) is 15.9. The van der Waals surface area contributed by atoms with Gasteiger partial charge in [0, 0.05) is 38.5 Å². The smallest absolute Gasteiger partial charge is 0.335 e. The van der Waals surface area contributed by atoms with Gasteiger partial charge in [-0.05, 0) is 43.4 Å². The SMILES string of the molecule is CN(Cc1ccc(C(=O)O)cc1)C(=O)C1CCCCC1C(=O)N1CCCC1. The van der Waals surface area contributed by atoms with Crippen molar-refractivity contribution >= 4 is 17.8 Å². The number of nitrogens with zero attached hydrogens (tertiary/aromatic N) is 2. The minimum Gasteiger partial charge on any atom is -0.478 e. The van der Waals surface area contributed by atoms with Crippen LogP contribution in [0.3, 0.4) is 0 Å². The Labute approximate surface area is 160 Å². The summed E-state index contributed by atoms with van der Waals surface area (Å²) in [6, 6.07) is 6.58. The molecule has 1 saturated heterocycles. The highest BCUT2D eigenvalue weighted by molar-refractivity contribution is 5.88. The third-order valence-electron chi connectivity index (χ3n) is 5.81. The van der Waals surface area contributed by atoms with E-state index in [-0.39, 0.29) is 29.2 Å². The van der Waals surface area contributed by atoms with Gasteiger partial charge >= 0.3 is 5.97 Å². The first kappa shape index (κ1) is 19.4. The van der Waals surface area contributed by atoms with E-state index in [2.05, 4.69) is 0 Å². The quantitative estimate of drug-likeness (QED) is 0.862. The van der Waals surface area contributed by atoms with Crippen LogP contribution in [0, 0.1) is 11.8 Å². The van der Waals surface area contributed by atoms with E-state index < -0.39 is 5.97 Å². The van der Waals surface area contributed by atoms with Gasteiger partial charge in [-0.15, -0.1) is 0 Å². The van der Waals surface area contributed by atoms with Crippen LogP contribution in [0.5, 0.6) is 0 Å². The fourth-order valence-corrected chi connectivity index (χ4v) is 4.28. The lowest BCUT2D eigenvalue weighted by atomic mass is 9.77. The fraction of sp³-hybridized carbons (Fsp3) is 0.571. The molecule has 1 N–H and O–H groups in total. The summed E-state index contributed by atoms with van der Waals surface area (Å²) in [7, 11) is 1.76. The Bertz CT molecular complexity index is 695. The summed E-state index contributed by atoms with van der Waals surface area (Å²) in [4.78, 5) is 40.5. The number of carbonyl (C=O) groups is 3. The van der Waals surface area contributed by atoms with Crippen LogP contribution in [0.2, 0.25) is 0 Å². The molecule has 146 valence electrons. The lowest BCUT2D eigenvalue weighted by Crippen LogP contribution is -2.45. The van der Waals surface area contributed by atoms with Gasteiger partial charge in [0.1, 0.15) is 0 Å². The van der Waals surface area contributed by atoms with Crippen molar-refractivity contribution in [2.24, 2.45) is 11.8 Å².